The van der Waals surface area contributed by atoms with Gasteiger partial charge in [0, 0.05) is 25.1 Å². The first-order valence-corrected chi connectivity index (χ1v) is 11.6. The Bertz CT molecular complexity index is 1230. The fraction of sp³-hybridized carbons (Fsp3) is 0.296. The lowest BCUT2D eigenvalue weighted by Gasteiger charge is -2.28. The van der Waals surface area contributed by atoms with Crippen molar-refractivity contribution < 1.29 is 24.6 Å². The minimum absolute atomic E-state index is 0.0156. The molecule has 3 aromatic rings. The Kier molecular flexibility index (Phi) is 8.63. The highest BCUT2D eigenvalue weighted by atomic mass is 16.3. The molecule has 0 fully saturated rings. The molecule has 0 saturated heterocycles. The van der Waals surface area contributed by atoms with Crippen LogP contribution in [-0.4, -0.2) is 58.7 Å². The van der Waals surface area contributed by atoms with Crippen molar-refractivity contribution in [2.75, 3.05) is 13.1 Å². The molecule has 2 atom stereocenters. The van der Waals surface area contributed by atoms with E-state index in [9.17, 15) is 24.6 Å². The summed E-state index contributed by atoms with van der Waals surface area (Å²) in [6.45, 7) is 2.99. The highest BCUT2D eigenvalue weighted by Crippen LogP contribution is 2.17. The zero-order valence-electron chi connectivity index (χ0n) is 20.3. The van der Waals surface area contributed by atoms with Crippen LogP contribution in [0.3, 0.4) is 0 Å². The molecule has 0 aliphatic rings. The number of carbonyl (C=O) groups is 3. The van der Waals surface area contributed by atoms with Crippen LogP contribution in [0.15, 0.2) is 66.7 Å². The summed E-state index contributed by atoms with van der Waals surface area (Å²) >= 11 is 0. The van der Waals surface area contributed by atoms with Crippen molar-refractivity contribution in [1.82, 2.24) is 16.0 Å². The Balaban J connectivity index is 1.76. The van der Waals surface area contributed by atoms with Crippen LogP contribution in [0.1, 0.15) is 29.8 Å². The van der Waals surface area contributed by atoms with Crippen LogP contribution in [0.2, 0.25) is 0 Å². The monoisotopic (exact) mass is 492 g/mol. The summed E-state index contributed by atoms with van der Waals surface area (Å²) < 4.78 is 0. The number of benzene rings is 3. The van der Waals surface area contributed by atoms with Gasteiger partial charge in [0.15, 0.2) is 0 Å². The zero-order chi connectivity index (χ0) is 26.3. The summed E-state index contributed by atoms with van der Waals surface area (Å²) in [5, 5.41) is 29.3. The minimum atomic E-state index is -1.35. The van der Waals surface area contributed by atoms with Gasteiger partial charge in [0.05, 0.1) is 6.10 Å². The number of aromatic hydroxyl groups is 1. The lowest BCUT2D eigenvalue weighted by Crippen LogP contribution is -2.59. The Morgan fingerprint density at radius 3 is 2.31 bits per heavy atom. The topological polar surface area (TPSA) is 154 Å². The number of nitrogens with one attached hydrogen (secondary N) is 3. The molecule has 9 nitrogen and oxygen atoms in total. The number of hydrogen-bond acceptors (Lipinski definition) is 6. The molecule has 0 radical (unpaired) electrons. The van der Waals surface area contributed by atoms with E-state index < -0.39 is 35.4 Å². The minimum Gasteiger partial charge on any atom is -0.508 e. The van der Waals surface area contributed by atoms with Gasteiger partial charge in [-0.05, 0) is 54.4 Å². The zero-order valence-corrected chi connectivity index (χ0v) is 20.3. The van der Waals surface area contributed by atoms with Crippen molar-refractivity contribution in [2.45, 2.75) is 38.0 Å². The second-order valence-electron chi connectivity index (χ2n) is 9.17. The number of fused-ring (bicyclic) bond motifs is 1. The molecule has 1 unspecified atom stereocenters. The standard InChI is InChI=1S/C27H32N4O5/c1-27(2,31-24(34)19-9-11-21(32)12-10-19)26(36)30-23(25(35)29-16-22(33)15-28)14-17-7-8-18-5-3-4-6-20(18)13-17/h3-13,22-23,32-33H,14-16,28H2,1-2H3,(H,29,35)(H,30,36)(H,31,34)/t22?,23-/m1/s1. The van der Waals surface area contributed by atoms with Gasteiger partial charge in [0.25, 0.3) is 5.91 Å². The molecule has 36 heavy (non-hydrogen) atoms. The lowest BCUT2D eigenvalue weighted by atomic mass is 9.98. The van der Waals surface area contributed by atoms with E-state index in [1.54, 1.807) is 0 Å². The number of phenolic OH excluding ortho intramolecular Hbond substituents is 1. The molecule has 3 amide bonds. The van der Waals surface area contributed by atoms with E-state index in [0.717, 1.165) is 16.3 Å². The smallest absolute Gasteiger partial charge is 0.252 e. The van der Waals surface area contributed by atoms with Gasteiger partial charge in [-0.1, -0.05) is 42.5 Å². The highest BCUT2D eigenvalue weighted by molar-refractivity contribution is 6.00. The first-order chi connectivity index (χ1) is 17.1. The molecule has 3 aromatic carbocycles. The second kappa shape index (κ2) is 11.7. The van der Waals surface area contributed by atoms with Crippen LogP contribution in [0.25, 0.3) is 10.8 Å². The van der Waals surface area contributed by atoms with Crippen LogP contribution in [-0.2, 0) is 16.0 Å². The van der Waals surface area contributed by atoms with E-state index in [0.29, 0.717) is 0 Å². The van der Waals surface area contributed by atoms with Gasteiger partial charge >= 0.3 is 0 Å². The molecule has 3 rings (SSSR count). The van der Waals surface area contributed by atoms with E-state index in [1.807, 2.05) is 42.5 Å². The summed E-state index contributed by atoms with van der Waals surface area (Å²) in [4.78, 5) is 38.8. The van der Waals surface area contributed by atoms with Crippen LogP contribution in [0.5, 0.6) is 5.75 Å². The molecular weight excluding hydrogens is 460 g/mol. The van der Waals surface area contributed by atoms with E-state index in [-0.39, 0.29) is 30.8 Å². The van der Waals surface area contributed by atoms with Crippen molar-refractivity contribution in [3.05, 3.63) is 77.9 Å². The largest absolute Gasteiger partial charge is 0.508 e. The molecule has 0 saturated carbocycles. The number of aliphatic hydroxyl groups excluding tert-OH is 1. The summed E-state index contributed by atoms with van der Waals surface area (Å²) in [6, 6.07) is 18.3. The van der Waals surface area contributed by atoms with Gasteiger partial charge < -0.3 is 31.9 Å². The Hall–Kier alpha value is -3.95. The molecule has 0 aliphatic heterocycles. The van der Waals surface area contributed by atoms with Crippen molar-refractivity contribution in [2.24, 2.45) is 5.73 Å². The lowest BCUT2D eigenvalue weighted by molar-refractivity contribution is -0.132. The summed E-state index contributed by atoms with van der Waals surface area (Å²) in [7, 11) is 0. The summed E-state index contributed by atoms with van der Waals surface area (Å²) in [5.41, 5.74) is 5.18. The van der Waals surface area contributed by atoms with Gasteiger partial charge in [-0.15, -0.1) is 0 Å². The molecule has 0 spiro atoms. The Labute approximate surface area is 209 Å². The van der Waals surface area contributed by atoms with Crippen LogP contribution < -0.4 is 21.7 Å². The molecule has 0 aromatic heterocycles. The maximum atomic E-state index is 13.2. The first-order valence-electron chi connectivity index (χ1n) is 11.6. The summed E-state index contributed by atoms with van der Waals surface area (Å²) in [5.74, 6) is -1.53. The third-order valence-electron chi connectivity index (χ3n) is 5.78. The molecule has 7 N–H and O–H groups in total. The fourth-order valence-corrected chi connectivity index (χ4v) is 3.60. The average Bonchev–Trinajstić information content (AvgIpc) is 2.86. The number of carbonyl (C=O) groups excluding carboxylic acids is 3. The molecule has 190 valence electrons. The quantitative estimate of drug-likeness (QED) is 0.250. The van der Waals surface area contributed by atoms with Gasteiger partial charge in [-0.2, -0.15) is 0 Å². The third kappa shape index (κ3) is 7.03. The van der Waals surface area contributed by atoms with Crippen molar-refractivity contribution in [3.63, 3.8) is 0 Å². The van der Waals surface area contributed by atoms with Gasteiger partial charge in [0.2, 0.25) is 11.8 Å². The molecule has 0 heterocycles. The van der Waals surface area contributed by atoms with Crippen molar-refractivity contribution in [3.8, 4) is 5.75 Å². The molecule has 0 bridgehead atoms. The number of nitrogens with two attached hydrogens (primary N) is 1. The average molecular weight is 493 g/mol. The van der Waals surface area contributed by atoms with Crippen molar-refractivity contribution in [1.29, 1.82) is 0 Å². The second-order valence-corrected chi connectivity index (χ2v) is 9.17. The SMILES string of the molecule is CC(C)(NC(=O)c1ccc(O)cc1)C(=O)N[C@H](Cc1ccc2ccccc2c1)C(=O)NCC(O)CN. The van der Waals surface area contributed by atoms with Crippen molar-refractivity contribution >= 4 is 28.5 Å². The maximum Gasteiger partial charge on any atom is 0.252 e. The fourth-order valence-electron chi connectivity index (χ4n) is 3.60. The van der Waals surface area contributed by atoms with E-state index in [1.165, 1.54) is 38.1 Å². The normalized spacial score (nSPS) is 13.0. The highest BCUT2D eigenvalue weighted by Gasteiger charge is 2.33. The van der Waals surface area contributed by atoms with Crippen LogP contribution in [0, 0.1) is 0 Å². The predicted octanol–water partition coefficient (Wildman–Crippen LogP) is 1.22. The molecule has 9 heteroatoms. The molecular formula is C27H32N4O5. The summed E-state index contributed by atoms with van der Waals surface area (Å²) in [6.07, 6.45) is -0.713. The Morgan fingerprint density at radius 1 is 0.972 bits per heavy atom. The first kappa shape index (κ1) is 26.7. The van der Waals surface area contributed by atoms with Gasteiger partial charge in [0.1, 0.15) is 17.3 Å². The number of phenols is 1. The van der Waals surface area contributed by atoms with E-state index in [2.05, 4.69) is 16.0 Å². The predicted molar refractivity (Wildman–Crippen MR) is 137 cm³/mol. The van der Waals surface area contributed by atoms with E-state index >= 15 is 0 Å². The number of amides is 3. The number of aliphatic hydroxyl groups is 1. The van der Waals surface area contributed by atoms with Crippen LogP contribution >= 0.6 is 0 Å². The van der Waals surface area contributed by atoms with Crippen LogP contribution in [0.4, 0.5) is 0 Å². The molecule has 0 aliphatic carbocycles. The van der Waals surface area contributed by atoms with E-state index in [4.69, 9.17) is 5.73 Å². The third-order valence-corrected chi connectivity index (χ3v) is 5.78. The maximum absolute atomic E-state index is 13.2. The van der Waals surface area contributed by atoms with Gasteiger partial charge in [-0.25, -0.2) is 0 Å². The number of rotatable bonds is 10. The number of hydrogen-bond donors (Lipinski definition) is 6. The van der Waals surface area contributed by atoms with Gasteiger partial charge in [-0.3, -0.25) is 14.4 Å². The Morgan fingerprint density at radius 2 is 1.64 bits per heavy atom.